The summed E-state index contributed by atoms with van der Waals surface area (Å²) < 4.78 is 2.13. The third-order valence-corrected chi connectivity index (χ3v) is 3.61. The van der Waals surface area contributed by atoms with Gasteiger partial charge in [0.15, 0.2) is 0 Å². The van der Waals surface area contributed by atoms with E-state index >= 15 is 0 Å². The normalized spacial score (nSPS) is 14.8. The van der Waals surface area contributed by atoms with Crippen LogP contribution in [-0.4, -0.2) is 26.8 Å². The van der Waals surface area contributed by atoms with Crippen LogP contribution in [0.2, 0.25) is 0 Å². The van der Waals surface area contributed by atoms with Gasteiger partial charge in [0.05, 0.1) is 23.0 Å². The lowest BCUT2D eigenvalue weighted by Gasteiger charge is -2.24. The van der Waals surface area contributed by atoms with Crippen molar-refractivity contribution in [2.45, 2.75) is 38.3 Å². The van der Waals surface area contributed by atoms with Crippen LogP contribution in [0, 0.1) is 0 Å². The highest BCUT2D eigenvalue weighted by Crippen LogP contribution is 2.18. The van der Waals surface area contributed by atoms with Crippen molar-refractivity contribution in [1.29, 1.82) is 0 Å². The largest absolute Gasteiger partial charge is 0.389 e. The fourth-order valence-corrected chi connectivity index (χ4v) is 2.19. The Labute approximate surface area is 107 Å². The lowest BCUT2D eigenvalue weighted by atomic mass is 9.95. The van der Waals surface area contributed by atoms with Crippen molar-refractivity contribution in [3.05, 3.63) is 30.6 Å². The SMILES string of the molecule is CCC(O)(CN)CCCn1cnc2ccccc21. The molecule has 1 aromatic carbocycles. The zero-order chi connectivity index (χ0) is 13.0. The number of benzene rings is 1. The Morgan fingerprint density at radius 2 is 2.17 bits per heavy atom. The minimum atomic E-state index is -0.712. The van der Waals surface area contributed by atoms with Crippen LogP contribution in [0.1, 0.15) is 26.2 Å². The van der Waals surface area contributed by atoms with Gasteiger partial charge < -0.3 is 15.4 Å². The maximum Gasteiger partial charge on any atom is 0.0958 e. The van der Waals surface area contributed by atoms with E-state index in [2.05, 4.69) is 15.6 Å². The van der Waals surface area contributed by atoms with Crippen molar-refractivity contribution in [3.63, 3.8) is 0 Å². The van der Waals surface area contributed by atoms with Gasteiger partial charge in [0.1, 0.15) is 0 Å². The highest BCUT2D eigenvalue weighted by Gasteiger charge is 2.21. The topological polar surface area (TPSA) is 64.1 Å². The highest BCUT2D eigenvalue weighted by atomic mass is 16.3. The molecule has 4 heteroatoms. The van der Waals surface area contributed by atoms with Crippen molar-refractivity contribution in [1.82, 2.24) is 9.55 Å². The van der Waals surface area contributed by atoms with E-state index in [0.717, 1.165) is 30.4 Å². The second-order valence-electron chi connectivity index (χ2n) is 4.81. The first kappa shape index (κ1) is 13.1. The predicted octanol–water partition coefficient (Wildman–Crippen LogP) is 1.92. The predicted molar refractivity (Wildman–Crippen MR) is 73.3 cm³/mol. The number of aliphatic hydroxyl groups is 1. The van der Waals surface area contributed by atoms with Gasteiger partial charge in [-0.2, -0.15) is 0 Å². The van der Waals surface area contributed by atoms with Crippen LogP contribution in [0.15, 0.2) is 30.6 Å². The maximum atomic E-state index is 10.1. The molecule has 2 rings (SSSR count). The zero-order valence-corrected chi connectivity index (χ0v) is 10.8. The summed E-state index contributed by atoms with van der Waals surface area (Å²) >= 11 is 0. The molecule has 0 fully saturated rings. The van der Waals surface area contributed by atoms with Crippen LogP contribution in [0.5, 0.6) is 0 Å². The molecule has 0 amide bonds. The summed E-state index contributed by atoms with van der Waals surface area (Å²) in [5, 5.41) is 10.1. The molecule has 0 aliphatic heterocycles. The van der Waals surface area contributed by atoms with Crippen LogP contribution in [0.3, 0.4) is 0 Å². The number of imidazole rings is 1. The summed E-state index contributed by atoms with van der Waals surface area (Å²) in [5.74, 6) is 0. The van der Waals surface area contributed by atoms with E-state index in [4.69, 9.17) is 5.73 Å². The molecule has 0 radical (unpaired) electrons. The van der Waals surface area contributed by atoms with Crippen LogP contribution < -0.4 is 5.73 Å². The molecule has 4 nitrogen and oxygen atoms in total. The van der Waals surface area contributed by atoms with Crippen LogP contribution in [0.25, 0.3) is 11.0 Å². The minimum Gasteiger partial charge on any atom is -0.389 e. The lowest BCUT2D eigenvalue weighted by molar-refractivity contribution is 0.0334. The first-order valence-electron chi connectivity index (χ1n) is 6.51. The number of hydrogen-bond acceptors (Lipinski definition) is 3. The van der Waals surface area contributed by atoms with Crippen molar-refractivity contribution in [3.8, 4) is 0 Å². The maximum absolute atomic E-state index is 10.1. The second-order valence-corrected chi connectivity index (χ2v) is 4.81. The van der Waals surface area contributed by atoms with E-state index in [1.165, 1.54) is 0 Å². The monoisotopic (exact) mass is 247 g/mol. The number of para-hydroxylation sites is 2. The van der Waals surface area contributed by atoms with E-state index in [1.54, 1.807) is 0 Å². The van der Waals surface area contributed by atoms with Crippen molar-refractivity contribution in [2.24, 2.45) is 5.73 Å². The minimum absolute atomic E-state index is 0.328. The van der Waals surface area contributed by atoms with Crippen LogP contribution in [0.4, 0.5) is 0 Å². The van der Waals surface area contributed by atoms with Crippen LogP contribution >= 0.6 is 0 Å². The van der Waals surface area contributed by atoms with Crippen molar-refractivity contribution in [2.75, 3.05) is 6.54 Å². The summed E-state index contributed by atoms with van der Waals surface area (Å²) in [5.41, 5.74) is 7.05. The van der Waals surface area contributed by atoms with Crippen molar-refractivity contribution >= 4 is 11.0 Å². The number of rotatable bonds is 6. The molecule has 0 saturated heterocycles. The van der Waals surface area contributed by atoms with E-state index in [-0.39, 0.29) is 0 Å². The zero-order valence-electron chi connectivity index (χ0n) is 10.8. The number of aryl methyl sites for hydroxylation is 1. The molecule has 1 aromatic heterocycles. The molecule has 1 unspecified atom stereocenters. The van der Waals surface area contributed by atoms with Crippen molar-refractivity contribution < 1.29 is 5.11 Å². The summed E-state index contributed by atoms with van der Waals surface area (Å²) in [6.45, 7) is 3.16. The smallest absolute Gasteiger partial charge is 0.0958 e. The fraction of sp³-hybridized carbons (Fsp3) is 0.500. The number of hydrogen-bond donors (Lipinski definition) is 2. The average molecular weight is 247 g/mol. The van der Waals surface area contributed by atoms with E-state index in [9.17, 15) is 5.11 Å². The average Bonchev–Trinajstić information content (AvgIpc) is 2.82. The Kier molecular flexibility index (Phi) is 3.99. The Morgan fingerprint density at radius 1 is 1.39 bits per heavy atom. The molecule has 0 aliphatic carbocycles. The number of nitrogens with two attached hydrogens (primary N) is 1. The summed E-state index contributed by atoms with van der Waals surface area (Å²) in [6, 6.07) is 8.08. The van der Waals surface area contributed by atoms with E-state index < -0.39 is 5.60 Å². The van der Waals surface area contributed by atoms with Gasteiger partial charge in [-0.15, -0.1) is 0 Å². The molecule has 3 N–H and O–H groups in total. The first-order valence-corrected chi connectivity index (χ1v) is 6.51. The lowest BCUT2D eigenvalue weighted by Crippen LogP contribution is -2.37. The second kappa shape index (κ2) is 5.50. The van der Waals surface area contributed by atoms with Gasteiger partial charge in [-0.1, -0.05) is 19.1 Å². The van der Waals surface area contributed by atoms with Crippen LogP contribution in [-0.2, 0) is 6.54 Å². The Morgan fingerprint density at radius 3 is 2.89 bits per heavy atom. The number of aromatic nitrogens is 2. The Hall–Kier alpha value is -1.39. The van der Waals surface area contributed by atoms with E-state index in [0.29, 0.717) is 13.0 Å². The quantitative estimate of drug-likeness (QED) is 0.819. The van der Waals surface area contributed by atoms with Gasteiger partial charge in [-0.25, -0.2) is 4.98 Å². The summed E-state index contributed by atoms with van der Waals surface area (Å²) in [6.07, 6.45) is 4.20. The van der Waals surface area contributed by atoms with Gasteiger partial charge in [0, 0.05) is 13.1 Å². The number of nitrogens with zero attached hydrogens (tertiary/aromatic N) is 2. The standard InChI is InChI=1S/C14H21N3O/c1-2-14(18,10-15)8-5-9-17-11-16-12-6-3-4-7-13(12)17/h3-4,6-7,11,18H,2,5,8-10,15H2,1H3. The third kappa shape index (κ3) is 2.71. The molecule has 98 valence electrons. The highest BCUT2D eigenvalue weighted by molar-refractivity contribution is 5.74. The van der Waals surface area contributed by atoms with E-state index in [1.807, 2.05) is 31.5 Å². The molecule has 0 bridgehead atoms. The Balaban J connectivity index is 1.98. The molecule has 18 heavy (non-hydrogen) atoms. The van der Waals surface area contributed by atoms with Gasteiger partial charge in [0.2, 0.25) is 0 Å². The molecule has 2 aromatic rings. The molecular formula is C14H21N3O. The summed E-state index contributed by atoms with van der Waals surface area (Å²) in [7, 11) is 0. The summed E-state index contributed by atoms with van der Waals surface area (Å²) in [4.78, 5) is 4.35. The molecule has 1 atom stereocenters. The molecular weight excluding hydrogens is 226 g/mol. The van der Waals surface area contributed by atoms with Gasteiger partial charge in [-0.3, -0.25) is 0 Å². The molecule has 0 saturated carbocycles. The molecule has 0 spiro atoms. The van der Waals surface area contributed by atoms with Gasteiger partial charge >= 0.3 is 0 Å². The third-order valence-electron chi connectivity index (χ3n) is 3.61. The molecule has 0 aliphatic rings. The first-order chi connectivity index (χ1) is 8.68. The van der Waals surface area contributed by atoms with Gasteiger partial charge in [-0.05, 0) is 31.4 Å². The Bertz CT molecular complexity index is 502. The van der Waals surface area contributed by atoms with Gasteiger partial charge in [0.25, 0.3) is 0 Å². The number of fused-ring (bicyclic) bond motifs is 1. The molecule has 1 heterocycles. The fourth-order valence-electron chi connectivity index (χ4n) is 2.19.